The number of carbonyl (C=O) groups is 3. The molecule has 0 aliphatic carbocycles. The van der Waals surface area contributed by atoms with Gasteiger partial charge >= 0.3 is 5.97 Å². The van der Waals surface area contributed by atoms with Crippen LogP contribution in [0.5, 0.6) is 0 Å². The summed E-state index contributed by atoms with van der Waals surface area (Å²) in [5.41, 5.74) is -0.0642. The summed E-state index contributed by atoms with van der Waals surface area (Å²) in [5, 5.41) is 12.0. The zero-order valence-corrected chi connectivity index (χ0v) is 15.6. The topological polar surface area (TPSA) is 130 Å². The molecular formula is C14H20N2O7S2. The molecule has 0 unspecified atom stereocenters. The van der Waals surface area contributed by atoms with Gasteiger partial charge in [-0.1, -0.05) is 0 Å². The lowest BCUT2D eigenvalue weighted by Crippen LogP contribution is -2.62. The van der Waals surface area contributed by atoms with Gasteiger partial charge in [0.25, 0.3) is 10.1 Å². The van der Waals surface area contributed by atoms with Gasteiger partial charge in [-0.15, -0.1) is 11.8 Å². The van der Waals surface area contributed by atoms with Crippen molar-refractivity contribution in [3.05, 3.63) is 10.6 Å². The van der Waals surface area contributed by atoms with Gasteiger partial charge in [0.1, 0.15) is 5.70 Å². The van der Waals surface area contributed by atoms with Crippen LogP contribution >= 0.6 is 11.8 Å². The molecule has 2 amide bonds. The molecule has 0 aromatic rings. The number of hydrogen-bond acceptors (Lipinski definition) is 7. The molecule has 9 nitrogen and oxygen atoms in total. The fourth-order valence-electron chi connectivity index (χ4n) is 3.08. The monoisotopic (exact) mass is 392 g/mol. The van der Waals surface area contributed by atoms with Crippen molar-refractivity contribution in [2.24, 2.45) is 5.92 Å². The minimum absolute atomic E-state index is 0.0642. The average molecular weight is 392 g/mol. The van der Waals surface area contributed by atoms with Crippen molar-refractivity contribution in [2.45, 2.75) is 32.4 Å². The van der Waals surface area contributed by atoms with Crippen LogP contribution in [-0.2, 0) is 28.7 Å². The van der Waals surface area contributed by atoms with Crippen molar-refractivity contribution in [2.75, 3.05) is 18.6 Å². The smallest absolute Gasteiger partial charge is 0.353 e. The maximum absolute atomic E-state index is 12.3. The van der Waals surface area contributed by atoms with Crippen molar-refractivity contribution >= 4 is 39.7 Å². The summed E-state index contributed by atoms with van der Waals surface area (Å²) in [6, 6.07) is -0.418. The molecule has 0 aromatic carbocycles. The first-order chi connectivity index (χ1) is 11.5. The SMILES string of the molecule is CC(=O)NCCSC1=C(C(=O)O)N2C(=O)[C@@H]([C@H](C)OS(C)(=O)=O)[C@H]2C1. The second kappa shape index (κ2) is 7.34. The highest BCUT2D eigenvalue weighted by Gasteiger charge is 2.57. The molecule has 0 radical (unpaired) electrons. The molecule has 2 aliphatic heterocycles. The van der Waals surface area contributed by atoms with E-state index in [0.717, 1.165) is 6.26 Å². The number of nitrogens with zero attached hydrogens (tertiary/aromatic N) is 1. The van der Waals surface area contributed by atoms with E-state index in [2.05, 4.69) is 5.32 Å². The number of carboxylic acid groups (broad SMARTS) is 1. The van der Waals surface area contributed by atoms with E-state index in [4.69, 9.17) is 4.18 Å². The number of β-lactam (4-membered cyclic amide) rings is 1. The molecule has 2 N–H and O–H groups in total. The van der Waals surface area contributed by atoms with Crippen molar-refractivity contribution in [1.29, 1.82) is 0 Å². The molecule has 1 saturated heterocycles. The number of rotatable bonds is 8. The highest BCUT2D eigenvalue weighted by atomic mass is 32.2. The summed E-state index contributed by atoms with van der Waals surface area (Å²) >= 11 is 1.27. The lowest BCUT2D eigenvalue weighted by atomic mass is 9.83. The molecule has 2 aliphatic rings. The fraction of sp³-hybridized carbons (Fsp3) is 0.643. The summed E-state index contributed by atoms with van der Waals surface area (Å²) in [6.07, 6.45) is 0.381. The zero-order valence-electron chi connectivity index (χ0n) is 14.0. The summed E-state index contributed by atoms with van der Waals surface area (Å²) in [5.74, 6) is -2.05. The summed E-state index contributed by atoms with van der Waals surface area (Å²) in [6.45, 7) is 3.26. The zero-order chi connectivity index (χ0) is 18.9. The molecule has 11 heteroatoms. The molecule has 0 bridgehead atoms. The van der Waals surface area contributed by atoms with E-state index < -0.39 is 40.1 Å². The van der Waals surface area contributed by atoms with E-state index in [0.29, 0.717) is 23.6 Å². The second-order valence-corrected chi connectivity index (χ2v) is 8.71. The second-order valence-electron chi connectivity index (χ2n) is 5.92. The third-order valence-corrected chi connectivity index (χ3v) is 5.73. The van der Waals surface area contributed by atoms with Gasteiger partial charge in [-0.25, -0.2) is 4.79 Å². The fourth-order valence-corrected chi connectivity index (χ4v) is 4.82. The molecule has 1 fully saturated rings. The van der Waals surface area contributed by atoms with Gasteiger partial charge in [-0.05, 0) is 6.92 Å². The van der Waals surface area contributed by atoms with Crippen LogP contribution in [0.1, 0.15) is 20.3 Å². The minimum atomic E-state index is -3.71. The number of carbonyl (C=O) groups excluding carboxylic acids is 2. The maximum Gasteiger partial charge on any atom is 0.353 e. The quantitative estimate of drug-likeness (QED) is 0.328. The van der Waals surface area contributed by atoms with E-state index in [9.17, 15) is 27.9 Å². The van der Waals surface area contributed by atoms with Crippen LogP contribution < -0.4 is 5.32 Å². The third-order valence-electron chi connectivity index (χ3n) is 3.96. The van der Waals surface area contributed by atoms with Gasteiger partial charge in [-0.2, -0.15) is 8.42 Å². The number of aliphatic carboxylic acids is 1. The van der Waals surface area contributed by atoms with Crippen LogP contribution in [-0.4, -0.2) is 66.9 Å². The van der Waals surface area contributed by atoms with Gasteiger partial charge in [0.05, 0.1) is 24.3 Å². The summed E-state index contributed by atoms with van der Waals surface area (Å²) in [7, 11) is -3.71. The van der Waals surface area contributed by atoms with E-state index in [1.165, 1.54) is 30.5 Å². The molecule has 25 heavy (non-hydrogen) atoms. The predicted octanol–water partition coefficient (Wildman–Crippen LogP) is -0.253. The van der Waals surface area contributed by atoms with E-state index in [-0.39, 0.29) is 11.6 Å². The Kier molecular flexibility index (Phi) is 5.79. The number of thioether (sulfide) groups is 1. The molecule has 0 aromatic heterocycles. The highest BCUT2D eigenvalue weighted by molar-refractivity contribution is 8.03. The van der Waals surface area contributed by atoms with E-state index in [1.807, 2.05) is 0 Å². The molecule has 2 rings (SSSR count). The number of hydrogen-bond donors (Lipinski definition) is 2. The Hall–Kier alpha value is -1.59. The molecule has 2 heterocycles. The minimum Gasteiger partial charge on any atom is -0.477 e. The predicted molar refractivity (Wildman–Crippen MR) is 89.9 cm³/mol. The Labute approximate surface area is 149 Å². The maximum atomic E-state index is 12.3. The summed E-state index contributed by atoms with van der Waals surface area (Å²) < 4.78 is 27.4. The standard InChI is InChI=1S/C14H20N2O7S2/c1-7(23-25(3,21)22)11-9-6-10(24-5-4-15-8(2)17)12(14(19)20)16(9)13(11)18/h7,9,11H,4-6H2,1-3H3,(H,15,17)(H,19,20)/t7-,9+,11-/m0/s1. The van der Waals surface area contributed by atoms with Crippen LogP contribution in [0.2, 0.25) is 0 Å². The Morgan fingerprint density at radius 3 is 2.64 bits per heavy atom. The Balaban J connectivity index is 2.08. The van der Waals surface area contributed by atoms with Gasteiger partial charge in [-0.3, -0.25) is 13.8 Å². The first kappa shape index (κ1) is 19.7. The molecular weight excluding hydrogens is 372 g/mol. The average Bonchev–Trinajstić information content (AvgIpc) is 2.76. The number of fused-ring (bicyclic) bond motifs is 1. The Morgan fingerprint density at radius 1 is 1.48 bits per heavy atom. The van der Waals surface area contributed by atoms with E-state index >= 15 is 0 Å². The number of nitrogens with one attached hydrogen (secondary N) is 1. The van der Waals surface area contributed by atoms with Crippen LogP contribution in [0.15, 0.2) is 10.6 Å². The van der Waals surface area contributed by atoms with Gasteiger partial charge in [0.15, 0.2) is 0 Å². The Bertz CT molecular complexity index is 731. The number of amides is 2. The lowest BCUT2D eigenvalue weighted by molar-refractivity contribution is -0.159. The van der Waals surface area contributed by atoms with E-state index in [1.54, 1.807) is 0 Å². The molecule has 0 spiro atoms. The van der Waals surface area contributed by atoms with Crippen molar-refractivity contribution in [3.8, 4) is 0 Å². The normalized spacial score (nSPS) is 24.0. The van der Waals surface area contributed by atoms with Gasteiger partial charge in [0.2, 0.25) is 11.8 Å². The molecule has 140 valence electrons. The lowest BCUT2D eigenvalue weighted by Gasteiger charge is -2.45. The van der Waals surface area contributed by atoms with Crippen LogP contribution in [0.25, 0.3) is 0 Å². The van der Waals surface area contributed by atoms with Crippen molar-refractivity contribution in [3.63, 3.8) is 0 Å². The first-order valence-corrected chi connectivity index (χ1v) is 10.4. The Morgan fingerprint density at radius 2 is 2.12 bits per heavy atom. The highest BCUT2D eigenvalue weighted by Crippen LogP contribution is 2.47. The largest absolute Gasteiger partial charge is 0.477 e. The first-order valence-electron chi connectivity index (χ1n) is 7.58. The van der Waals surface area contributed by atoms with Gasteiger partial charge < -0.3 is 15.3 Å². The van der Waals surface area contributed by atoms with Crippen LogP contribution in [0.3, 0.4) is 0 Å². The summed E-state index contributed by atoms with van der Waals surface area (Å²) in [4.78, 5) is 36.5. The third kappa shape index (κ3) is 4.33. The molecule has 3 atom stereocenters. The van der Waals surface area contributed by atoms with Crippen LogP contribution in [0, 0.1) is 5.92 Å². The van der Waals surface area contributed by atoms with Crippen LogP contribution in [0.4, 0.5) is 0 Å². The van der Waals surface area contributed by atoms with Crippen molar-refractivity contribution < 1.29 is 32.1 Å². The molecule has 0 saturated carbocycles. The van der Waals surface area contributed by atoms with Crippen molar-refractivity contribution in [1.82, 2.24) is 10.2 Å². The van der Waals surface area contributed by atoms with Gasteiger partial charge in [0, 0.05) is 30.5 Å². The number of carboxylic acids is 1.